The smallest absolute Gasteiger partial charge is 0.253 e. The molecule has 0 unspecified atom stereocenters. The van der Waals surface area contributed by atoms with E-state index in [0.29, 0.717) is 10.5 Å². The molecule has 0 aliphatic heterocycles. The molecule has 8 heteroatoms. The highest BCUT2D eigenvalue weighted by atomic mass is 32.1. The van der Waals surface area contributed by atoms with Gasteiger partial charge in [-0.05, 0) is 35.7 Å². The zero-order valence-corrected chi connectivity index (χ0v) is 15.4. The second-order valence-electron chi connectivity index (χ2n) is 5.58. The predicted molar refractivity (Wildman–Crippen MR) is 103 cm³/mol. The minimum absolute atomic E-state index is 0.0379. The van der Waals surface area contributed by atoms with Crippen LogP contribution < -0.4 is 4.90 Å². The van der Waals surface area contributed by atoms with Crippen LogP contribution in [0.1, 0.15) is 10.6 Å². The molecule has 0 saturated heterocycles. The van der Waals surface area contributed by atoms with Crippen molar-refractivity contribution in [2.75, 3.05) is 4.90 Å². The quantitative estimate of drug-likeness (QED) is 0.416. The first kappa shape index (κ1) is 17.6. The number of aromatic nitrogens is 1. The number of rotatable bonds is 5. The van der Waals surface area contributed by atoms with Crippen LogP contribution in [0.4, 0.5) is 13.9 Å². The lowest BCUT2D eigenvalue weighted by atomic mass is 10.3. The molecule has 136 valence electrons. The lowest BCUT2D eigenvalue weighted by Gasteiger charge is -2.16. The average molecular weight is 402 g/mol. The third-order valence-electron chi connectivity index (χ3n) is 3.73. The Morgan fingerprint density at radius 1 is 1.26 bits per heavy atom. The summed E-state index contributed by atoms with van der Waals surface area (Å²) in [7, 11) is 0. The summed E-state index contributed by atoms with van der Waals surface area (Å²) in [6.07, 6.45) is 4.64. The molecule has 0 radical (unpaired) electrons. The maximum Gasteiger partial charge on any atom is 0.253 e. The Bertz CT molecular complexity index is 1100. The molecule has 1 aromatic carbocycles. The van der Waals surface area contributed by atoms with Crippen LogP contribution >= 0.6 is 22.7 Å². The van der Waals surface area contributed by atoms with Crippen molar-refractivity contribution in [3.63, 3.8) is 0 Å². The van der Waals surface area contributed by atoms with E-state index in [1.54, 1.807) is 18.2 Å². The maximum absolute atomic E-state index is 14.0. The maximum atomic E-state index is 14.0. The van der Waals surface area contributed by atoms with E-state index >= 15 is 0 Å². The van der Waals surface area contributed by atoms with Crippen molar-refractivity contribution in [2.24, 2.45) is 0 Å². The zero-order valence-electron chi connectivity index (χ0n) is 13.8. The van der Waals surface area contributed by atoms with Crippen molar-refractivity contribution in [1.29, 1.82) is 0 Å². The molecule has 0 atom stereocenters. The Labute approximate surface area is 161 Å². The fourth-order valence-corrected chi connectivity index (χ4v) is 4.12. The number of nitrogens with zero attached hydrogens (tertiary/aromatic N) is 2. The summed E-state index contributed by atoms with van der Waals surface area (Å²) < 4.78 is 33.2. The third-order valence-corrected chi connectivity index (χ3v) is 5.59. The molecule has 27 heavy (non-hydrogen) atoms. The van der Waals surface area contributed by atoms with Crippen molar-refractivity contribution < 1.29 is 18.0 Å². The molecule has 4 rings (SSSR count). The third kappa shape index (κ3) is 3.81. The van der Waals surface area contributed by atoms with Gasteiger partial charge in [-0.1, -0.05) is 17.4 Å². The van der Waals surface area contributed by atoms with Gasteiger partial charge in [-0.15, -0.1) is 11.3 Å². The minimum atomic E-state index is -0.757. The Kier molecular flexibility index (Phi) is 4.83. The van der Waals surface area contributed by atoms with Gasteiger partial charge < -0.3 is 4.42 Å². The van der Waals surface area contributed by atoms with Crippen molar-refractivity contribution in [2.45, 2.75) is 6.54 Å². The first-order valence-corrected chi connectivity index (χ1v) is 9.61. The molecule has 0 bridgehead atoms. The number of carbonyl (C=O) groups excluding carboxylic acids is 1. The lowest BCUT2D eigenvalue weighted by Crippen LogP contribution is -2.28. The van der Waals surface area contributed by atoms with E-state index < -0.39 is 11.6 Å². The van der Waals surface area contributed by atoms with Crippen LogP contribution in [0.2, 0.25) is 0 Å². The number of hydrogen-bond donors (Lipinski definition) is 0. The van der Waals surface area contributed by atoms with Gasteiger partial charge in [0.1, 0.15) is 17.1 Å². The topological polar surface area (TPSA) is 46.3 Å². The van der Waals surface area contributed by atoms with E-state index in [4.69, 9.17) is 4.42 Å². The molecule has 0 spiro atoms. The van der Waals surface area contributed by atoms with E-state index in [1.807, 2.05) is 17.5 Å². The Hall–Kier alpha value is -2.84. The molecule has 0 N–H and O–H groups in total. The molecule has 4 aromatic rings. The van der Waals surface area contributed by atoms with Gasteiger partial charge in [-0.2, -0.15) is 0 Å². The van der Waals surface area contributed by atoms with Crippen LogP contribution in [0.25, 0.3) is 16.3 Å². The van der Waals surface area contributed by atoms with Gasteiger partial charge in [-0.25, -0.2) is 13.8 Å². The monoisotopic (exact) mass is 402 g/mol. The minimum Gasteiger partial charge on any atom is -0.467 e. The normalized spacial score (nSPS) is 11.5. The van der Waals surface area contributed by atoms with E-state index in [9.17, 15) is 13.6 Å². The van der Waals surface area contributed by atoms with Gasteiger partial charge in [-0.3, -0.25) is 9.69 Å². The SMILES string of the molecule is O=C(/C=C/c1cccs1)N(Cc1ccco1)c1nc2c(F)cc(F)cc2s1. The summed E-state index contributed by atoms with van der Waals surface area (Å²) in [5.74, 6) is -1.22. The molecule has 0 aliphatic rings. The van der Waals surface area contributed by atoms with Crippen LogP contribution in [0.3, 0.4) is 0 Å². The molecule has 3 heterocycles. The largest absolute Gasteiger partial charge is 0.467 e. The molecule has 1 amide bonds. The highest BCUT2D eigenvalue weighted by Crippen LogP contribution is 2.32. The summed E-state index contributed by atoms with van der Waals surface area (Å²) in [5.41, 5.74) is 0.0379. The summed E-state index contributed by atoms with van der Waals surface area (Å²) in [4.78, 5) is 19.3. The Morgan fingerprint density at radius 3 is 2.89 bits per heavy atom. The average Bonchev–Trinajstić information content (AvgIpc) is 3.38. The van der Waals surface area contributed by atoms with Crippen molar-refractivity contribution in [3.8, 4) is 0 Å². The highest BCUT2D eigenvalue weighted by molar-refractivity contribution is 7.22. The van der Waals surface area contributed by atoms with Crippen LogP contribution in [0, 0.1) is 11.6 Å². The number of fused-ring (bicyclic) bond motifs is 1. The van der Waals surface area contributed by atoms with E-state index in [0.717, 1.165) is 22.3 Å². The second-order valence-corrected chi connectivity index (χ2v) is 7.57. The van der Waals surface area contributed by atoms with Gasteiger partial charge in [0.05, 0.1) is 17.5 Å². The lowest BCUT2D eigenvalue weighted by molar-refractivity contribution is -0.114. The number of carbonyl (C=O) groups is 1. The first-order valence-electron chi connectivity index (χ1n) is 7.91. The van der Waals surface area contributed by atoms with Crippen LogP contribution in [-0.4, -0.2) is 10.9 Å². The first-order chi connectivity index (χ1) is 13.1. The molecular weight excluding hydrogens is 390 g/mol. The van der Waals surface area contributed by atoms with Crippen molar-refractivity contribution in [3.05, 3.63) is 76.4 Å². The molecule has 0 fully saturated rings. The fourth-order valence-electron chi connectivity index (χ4n) is 2.49. The predicted octanol–water partition coefficient (Wildman–Crippen LogP) is 5.48. The van der Waals surface area contributed by atoms with Crippen molar-refractivity contribution in [1.82, 2.24) is 4.98 Å². The summed E-state index contributed by atoms with van der Waals surface area (Å²) in [6, 6.07) is 9.21. The van der Waals surface area contributed by atoms with Crippen LogP contribution in [-0.2, 0) is 11.3 Å². The van der Waals surface area contributed by atoms with Crippen LogP contribution in [0.5, 0.6) is 0 Å². The summed E-state index contributed by atoms with van der Waals surface area (Å²) >= 11 is 2.55. The molecule has 0 aliphatic carbocycles. The number of halogens is 2. The molecule has 0 saturated carbocycles. The number of hydrogen-bond acceptors (Lipinski definition) is 5. The fraction of sp³-hybridized carbons (Fsp3) is 0.0526. The van der Waals surface area contributed by atoms with Crippen molar-refractivity contribution >= 4 is 50.0 Å². The Morgan fingerprint density at radius 2 is 2.15 bits per heavy atom. The number of furan rings is 1. The molecule has 4 nitrogen and oxygen atoms in total. The number of anilines is 1. The zero-order chi connectivity index (χ0) is 18.8. The highest BCUT2D eigenvalue weighted by Gasteiger charge is 2.21. The van der Waals surface area contributed by atoms with Gasteiger partial charge in [0.25, 0.3) is 5.91 Å². The van der Waals surface area contributed by atoms with Gasteiger partial charge >= 0.3 is 0 Å². The van der Waals surface area contributed by atoms with Crippen LogP contribution in [0.15, 0.2) is 58.5 Å². The number of thiazole rings is 1. The van der Waals surface area contributed by atoms with E-state index in [2.05, 4.69) is 4.98 Å². The second kappa shape index (κ2) is 7.42. The van der Waals surface area contributed by atoms with Gasteiger partial charge in [0.15, 0.2) is 10.9 Å². The number of benzene rings is 1. The standard InChI is InChI=1S/C19H12F2N2O2S2/c20-12-9-15(21)18-16(10-12)27-19(22-18)23(11-13-3-1-7-25-13)17(24)6-5-14-4-2-8-26-14/h1-10H,11H2/b6-5+. The molecule has 3 aromatic heterocycles. The van der Waals surface area contributed by atoms with Gasteiger partial charge in [0.2, 0.25) is 0 Å². The summed E-state index contributed by atoms with van der Waals surface area (Å²) in [6.45, 7) is 0.130. The number of amides is 1. The van der Waals surface area contributed by atoms with E-state index in [1.165, 1.54) is 34.6 Å². The summed E-state index contributed by atoms with van der Waals surface area (Å²) in [5, 5.41) is 2.18. The number of thiophene rings is 1. The van der Waals surface area contributed by atoms with E-state index in [-0.39, 0.29) is 23.1 Å². The molecular formula is C19H12F2N2O2S2. The Balaban J connectivity index is 1.71. The van der Waals surface area contributed by atoms with Gasteiger partial charge in [0, 0.05) is 17.0 Å².